The molecule has 0 atom stereocenters. The van der Waals surface area contributed by atoms with Gasteiger partial charge in [-0.15, -0.1) is 0 Å². The number of nitrogens with two attached hydrogens (primary N) is 1. The molecule has 0 aliphatic carbocycles. The molecule has 2 heterocycles. The van der Waals surface area contributed by atoms with Gasteiger partial charge in [-0.1, -0.05) is 13.8 Å². The molecule has 4 nitrogen and oxygen atoms in total. The Hall–Kier alpha value is -1.32. The Bertz CT molecular complexity index is 331. The third-order valence-electron chi connectivity index (χ3n) is 2.84. The minimum atomic E-state index is 0.364. The van der Waals surface area contributed by atoms with E-state index in [0.29, 0.717) is 11.1 Å². The summed E-state index contributed by atoms with van der Waals surface area (Å²) in [7, 11) is 0. The summed E-state index contributed by atoms with van der Waals surface area (Å²) in [6, 6.07) is 0. The second kappa shape index (κ2) is 3.68. The molecule has 1 aromatic rings. The lowest BCUT2D eigenvalue weighted by Gasteiger charge is -2.37. The van der Waals surface area contributed by atoms with Crippen molar-refractivity contribution >= 4 is 11.6 Å². The van der Waals surface area contributed by atoms with E-state index in [1.807, 2.05) is 0 Å². The molecule has 0 amide bonds. The summed E-state index contributed by atoms with van der Waals surface area (Å²) in [5.41, 5.74) is 6.55. The van der Waals surface area contributed by atoms with Crippen molar-refractivity contribution in [2.75, 3.05) is 23.7 Å². The Labute approximate surface area is 90.5 Å². The fourth-order valence-corrected chi connectivity index (χ4v) is 2.09. The predicted molar refractivity (Wildman–Crippen MR) is 61.7 cm³/mol. The Balaban J connectivity index is 2.13. The largest absolute Gasteiger partial charge is 0.396 e. The van der Waals surface area contributed by atoms with E-state index in [1.54, 1.807) is 12.4 Å². The number of nitrogens with zero attached hydrogens (tertiary/aromatic N) is 3. The minimum Gasteiger partial charge on any atom is -0.396 e. The Morgan fingerprint density at radius 1 is 1.33 bits per heavy atom. The van der Waals surface area contributed by atoms with Crippen molar-refractivity contribution in [3.05, 3.63) is 12.4 Å². The molecule has 2 N–H and O–H groups in total. The molecule has 1 aromatic heterocycles. The van der Waals surface area contributed by atoms with E-state index in [0.717, 1.165) is 19.0 Å². The third-order valence-corrected chi connectivity index (χ3v) is 2.84. The Morgan fingerprint density at radius 3 is 2.60 bits per heavy atom. The van der Waals surface area contributed by atoms with Crippen molar-refractivity contribution in [1.29, 1.82) is 0 Å². The van der Waals surface area contributed by atoms with Gasteiger partial charge in [-0.2, -0.15) is 0 Å². The van der Waals surface area contributed by atoms with Crippen LogP contribution in [0.1, 0.15) is 26.7 Å². The summed E-state index contributed by atoms with van der Waals surface area (Å²) in [6.45, 7) is 6.65. The lowest BCUT2D eigenvalue weighted by molar-refractivity contribution is 0.291. The van der Waals surface area contributed by atoms with Gasteiger partial charge in [0.25, 0.3) is 0 Å². The molecule has 1 saturated heterocycles. The summed E-state index contributed by atoms with van der Waals surface area (Å²) >= 11 is 0. The van der Waals surface area contributed by atoms with Crippen molar-refractivity contribution in [3.8, 4) is 0 Å². The van der Waals surface area contributed by atoms with Gasteiger partial charge in [-0.05, 0) is 18.3 Å². The van der Waals surface area contributed by atoms with Gasteiger partial charge in [0.05, 0.1) is 18.1 Å². The molecule has 0 saturated carbocycles. The molecule has 82 valence electrons. The molecule has 0 aromatic carbocycles. The monoisotopic (exact) mass is 206 g/mol. The lowest BCUT2D eigenvalue weighted by Crippen LogP contribution is -2.40. The van der Waals surface area contributed by atoms with Gasteiger partial charge in [0, 0.05) is 13.1 Å². The first-order chi connectivity index (χ1) is 7.07. The second-order valence-electron chi connectivity index (χ2n) is 5.01. The lowest BCUT2D eigenvalue weighted by atomic mass is 9.84. The quantitative estimate of drug-likeness (QED) is 0.759. The maximum absolute atomic E-state index is 5.57. The van der Waals surface area contributed by atoms with E-state index in [9.17, 15) is 0 Å². The normalized spacial score (nSPS) is 20.3. The van der Waals surface area contributed by atoms with Gasteiger partial charge < -0.3 is 10.6 Å². The van der Waals surface area contributed by atoms with Gasteiger partial charge in [0.1, 0.15) is 0 Å². The summed E-state index contributed by atoms with van der Waals surface area (Å²) in [5, 5.41) is 0. The van der Waals surface area contributed by atoms with Gasteiger partial charge >= 0.3 is 0 Å². The standard InChI is InChI=1S/C11H18N4/c1-11(2)4-3-5-15(8-11)10-13-6-9(12)7-14-10/h6-7H,3-5,8,12H2,1-2H3. The summed E-state index contributed by atoms with van der Waals surface area (Å²) in [6.07, 6.45) is 5.83. The summed E-state index contributed by atoms with van der Waals surface area (Å²) in [4.78, 5) is 10.8. The molecule has 1 aliphatic heterocycles. The summed E-state index contributed by atoms with van der Waals surface area (Å²) in [5.74, 6) is 0.803. The smallest absolute Gasteiger partial charge is 0.225 e. The molecule has 0 unspecified atom stereocenters. The van der Waals surface area contributed by atoms with E-state index in [4.69, 9.17) is 5.73 Å². The second-order valence-corrected chi connectivity index (χ2v) is 5.01. The third kappa shape index (κ3) is 2.37. The molecule has 1 fully saturated rings. The van der Waals surface area contributed by atoms with E-state index < -0.39 is 0 Å². The first kappa shape index (κ1) is 10.2. The SMILES string of the molecule is CC1(C)CCCN(c2ncc(N)cn2)C1. The highest BCUT2D eigenvalue weighted by molar-refractivity contribution is 5.38. The van der Waals surface area contributed by atoms with Crippen LogP contribution >= 0.6 is 0 Å². The average molecular weight is 206 g/mol. The highest BCUT2D eigenvalue weighted by Gasteiger charge is 2.27. The van der Waals surface area contributed by atoms with E-state index >= 15 is 0 Å². The zero-order chi connectivity index (χ0) is 10.9. The minimum absolute atomic E-state index is 0.364. The first-order valence-electron chi connectivity index (χ1n) is 5.39. The highest BCUT2D eigenvalue weighted by atomic mass is 15.3. The fraction of sp³-hybridized carbons (Fsp3) is 0.636. The van der Waals surface area contributed by atoms with Crippen molar-refractivity contribution in [2.45, 2.75) is 26.7 Å². The molecule has 0 spiro atoms. The highest BCUT2D eigenvalue weighted by Crippen LogP contribution is 2.29. The van der Waals surface area contributed by atoms with Gasteiger partial charge in [0.2, 0.25) is 5.95 Å². The Morgan fingerprint density at radius 2 is 2.00 bits per heavy atom. The number of hydrogen-bond acceptors (Lipinski definition) is 4. The fourth-order valence-electron chi connectivity index (χ4n) is 2.09. The van der Waals surface area contributed by atoms with Crippen LogP contribution in [0.2, 0.25) is 0 Å². The molecular weight excluding hydrogens is 188 g/mol. The van der Waals surface area contributed by atoms with E-state index in [2.05, 4.69) is 28.7 Å². The zero-order valence-electron chi connectivity index (χ0n) is 9.40. The van der Waals surface area contributed by atoms with Crippen LogP contribution in [0, 0.1) is 5.41 Å². The molecule has 0 bridgehead atoms. The molecule has 1 aliphatic rings. The van der Waals surface area contributed by atoms with Crippen LogP contribution in [0.3, 0.4) is 0 Å². The van der Waals surface area contributed by atoms with Crippen LogP contribution in [0.25, 0.3) is 0 Å². The maximum atomic E-state index is 5.57. The van der Waals surface area contributed by atoms with Crippen molar-refractivity contribution in [3.63, 3.8) is 0 Å². The molecule has 15 heavy (non-hydrogen) atoms. The first-order valence-corrected chi connectivity index (χ1v) is 5.39. The predicted octanol–water partition coefficient (Wildman–Crippen LogP) is 1.69. The number of rotatable bonds is 1. The molecule has 2 rings (SSSR count). The Kier molecular flexibility index (Phi) is 2.50. The van der Waals surface area contributed by atoms with E-state index in [-0.39, 0.29) is 0 Å². The number of nitrogen functional groups attached to an aromatic ring is 1. The van der Waals surface area contributed by atoms with Gasteiger partial charge in [0.15, 0.2) is 0 Å². The van der Waals surface area contributed by atoms with E-state index in [1.165, 1.54) is 12.8 Å². The average Bonchev–Trinajstić information content (AvgIpc) is 2.17. The van der Waals surface area contributed by atoms with Crippen LogP contribution in [0.4, 0.5) is 11.6 Å². The number of piperidine rings is 1. The number of anilines is 2. The maximum Gasteiger partial charge on any atom is 0.225 e. The molecular formula is C11H18N4. The van der Waals surface area contributed by atoms with Crippen molar-refractivity contribution < 1.29 is 0 Å². The van der Waals surface area contributed by atoms with Crippen molar-refractivity contribution in [2.24, 2.45) is 5.41 Å². The van der Waals surface area contributed by atoms with Crippen LogP contribution in [0.15, 0.2) is 12.4 Å². The van der Waals surface area contributed by atoms with Crippen LogP contribution < -0.4 is 10.6 Å². The van der Waals surface area contributed by atoms with Crippen LogP contribution in [-0.2, 0) is 0 Å². The number of hydrogen-bond donors (Lipinski definition) is 1. The zero-order valence-corrected chi connectivity index (χ0v) is 9.40. The van der Waals surface area contributed by atoms with Gasteiger partial charge in [-0.25, -0.2) is 9.97 Å². The van der Waals surface area contributed by atoms with Crippen LogP contribution in [-0.4, -0.2) is 23.1 Å². The number of aromatic nitrogens is 2. The van der Waals surface area contributed by atoms with Crippen molar-refractivity contribution in [1.82, 2.24) is 9.97 Å². The molecule has 0 radical (unpaired) electrons. The van der Waals surface area contributed by atoms with Crippen LogP contribution in [0.5, 0.6) is 0 Å². The van der Waals surface area contributed by atoms with Gasteiger partial charge in [-0.3, -0.25) is 0 Å². The topological polar surface area (TPSA) is 55.0 Å². The summed E-state index contributed by atoms with van der Waals surface area (Å²) < 4.78 is 0. The molecule has 4 heteroatoms.